The third-order valence-electron chi connectivity index (χ3n) is 6.59. The molecule has 2 heteroatoms. The number of aliphatic hydroxyl groups is 2. The van der Waals surface area contributed by atoms with E-state index in [1.54, 1.807) is 0 Å². The molecule has 2 aromatic rings. The molecular formula is C28H42O2. The first kappa shape index (κ1) is 24.6. The molecule has 2 nitrogen and oxygen atoms in total. The van der Waals surface area contributed by atoms with Gasteiger partial charge in [0, 0.05) is 6.61 Å². The SMILES string of the molecule is CCCCCC(C)CCCC(C)c1ccc(C(C)(O)c2ccc(CCO)cc2)cc1. The zero-order valence-corrected chi connectivity index (χ0v) is 19.5. The molecule has 0 aliphatic rings. The van der Waals surface area contributed by atoms with E-state index in [9.17, 15) is 5.11 Å². The zero-order chi connectivity index (χ0) is 22.0. The van der Waals surface area contributed by atoms with Crippen molar-refractivity contribution in [3.63, 3.8) is 0 Å². The van der Waals surface area contributed by atoms with Crippen LogP contribution in [0, 0.1) is 5.92 Å². The summed E-state index contributed by atoms with van der Waals surface area (Å²) in [4.78, 5) is 0. The van der Waals surface area contributed by atoms with E-state index in [1.807, 2.05) is 31.2 Å². The van der Waals surface area contributed by atoms with Crippen molar-refractivity contribution in [2.45, 2.75) is 90.6 Å². The van der Waals surface area contributed by atoms with Crippen LogP contribution < -0.4 is 0 Å². The third kappa shape index (κ3) is 7.25. The van der Waals surface area contributed by atoms with E-state index in [1.165, 1.54) is 50.5 Å². The molecular weight excluding hydrogens is 368 g/mol. The third-order valence-corrected chi connectivity index (χ3v) is 6.59. The number of hydrogen-bond donors (Lipinski definition) is 2. The largest absolute Gasteiger partial charge is 0.396 e. The highest BCUT2D eigenvalue weighted by Crippen LogP contribution is 2.31. The molecule has 0 saturated carbocycles. The van der Waals surface area contributed by atoms with Gasteiger partial charge in [0.25, 0.3) is 0 Å². The molecule has 3 atom stereocenters. The highest BCUT2D eigenvalue weighted by molar-refractivity contribution is 5.38. The van der Waals surface area contributed by atoms with Crippen molar-refractivity contribution in [3.05, 3.63) is 70.8 Å². The number of benzene rings is 2. The van der Waals surface area contributed by atoms with Crippen LogP contribution in [0.25, 0.3) is 0 Å². The van der Waals surface area contributed by atoms with E-state index in [-0.39, 0.29) is 6.61 Å². The second-order valence-electron chi connectivity index (χ2n) is 9.30. The van der Waals surface area contributed by atoms with Gasteiger partial charge in [0.1, 0.15) is 5.60 Å². The summed E-state index contributed by atoms with van der Waals surface area (Å²) in [5.41, 5.74) is 3.21. The van der Waals surface area contributed by atoms with Gasteiger partial charge in [-0.25, -0.2) is 0 Å². The van der Waals surface area contributed by atoms with Crippen LogP contribution in [0.5, 0.6) is 0 Å². The van der Waals surface area contributed by atoms with Crippen molar-refractivity contribution < 1.29 is 10.2 Å². The summed E-state index contributed by atoms with van der Waals surface area (Å²) in [5.74, 6) is 1.38. The van der Waals surface area contributed by atoms with Gasteiger partial charge in [0.15, 0.2) is 0 Å². The minimum absolute atomic E-state index is 0.146. The van der Waals surface area contributed by atoms with Crippen LogP contribution in [0.1, 0.15) is 101 Å². The summed E-state index contributed by atoms with van der Waals surface area (Å²) >= 11 is 0. The fraction of sp³-hybridized carbons (Fsp3) is 0.571. The molecule has 0 radical (unpaired) electrons. The van der Waals surface area contributed by atoms with Crippen molar-refractivity contribution in [1.82, 2.24) is 0 Å². The molecule has 30 heavy (non-hydrogen) atoms. The Hall–Kier alpha value is -1.64. The Morgan fingerprint density at radius 3 is 1.93 bits per heavy atom. The van der Waals surface area contributed by atoms with Crippen LogP contribution in [0.2, 0.25) is 0 Å². The quantitative estimate of drug-likeness (QED) is 0.350. The van der Waals surface area contributed by atoms with Gasteiger partial charge in [-0.2, -0.15) is 0 Å². The molecule has 0 aromatic heterocycles. The zero-order valence-electron chi connectivity index (χ0n) is 19.5. The molecule has 3 unspecified atom stereocenters. The lowest BCUT2D eigenvalue weighted by molar-refractivity contribution is 0.102. The maximum absolute atomic E-state index is 11.1. The van der Waals surface area contributed by atoms with E-state index in [0.29, 0.717) is 12.3 Å². The first-order chi connectivity index (χ1) is 14.4. The Morgan fingerprint density at radius 2 is 1.37 bits per heavy atom. The monoisotopic (exact) mass is 410 g/mol. The molecule has 166 valence electrons. The molecule has 0 heterocycles. The van der Waals surface area contributed by atoms with Crippen LogP contribution in [0.15, 0.2) is 48.5 Å². The van der Waals surface area contributed by atoms with Crippen LogP contribution in [-0.4, -0.2) is 16.8 Å². The lowest BCUT2D eigenvalue weighted by Crippen LogP contribution is -2.22. The second kappa shape index (κ2) is 12.3. The first-order valence-corrected chi connectivity index (χ1v) is 11.9. The van der Waals surface area contributed by atoms with Gasteiger partial charge in [-0.05, 0) is 53.9 Å². The highest BCUT2D eigenvalue weighted by atomic mass is 16.3. The maximum atomic E-state index is 11.1. The van der Waals surface area contributed by atoms with E-state index >= 15 is 0 Å². The Bertz CT molecular complexity index is 715. The lowest BCUT2D eigenvalue weighted by atomic mass is 9.85. The van der Waals surface area contributed by atoms with Gasteiger partial charge in [-0.3, -0.25) is 0 Å². The molecule has 0 bridgehead atoms. The molecule has 0 aliphatic carbocycles. The number of aliphatic hydroxyl groups excluding tert-OH is 1. The van der Waals surface area contributed by atoms with Gasteiger partial charge in [-0.15, -0.1) is 0 Å². The molecule has 0 saturated heterocycles. The smallest absolute Gasteiger partial charge is 0.112 e. The van der Waals surface area contributed by atoms with Gasteiger partial charge in [-0.1, -0.05) is 108 Å². The van der Waals surface area contributed by atoms with Crippen molar-refractivity contribution >= 4 is 0 Å². The minimum Gasteiger partial charge on any atom is -0.396 e. The van der Waals surface area contributed by atoms with Gasteiger partial charge in [0.2, 0.25) is 0 Å². The van der Waals surface area contributed by atoms with Crippen LogP contribution in [0.4, 0.5) is 0 Å². The molecule has 0 amide bonds. The number of rotatable bonds is 13. The lowest BCUT2D eigenvalue weighted by Gasteiger charge is -2.25. The normalized spacial score (nSPS) is 15.5. The van der Waals surface area contributed by atoms with E-state index in [2.05, 4.69) is 45.0 Å². The summed E-state index contributed by atoms with van der Waals surface area (Å²) in [5, 5.41) is 20.2. The average molecular weight is 411 g/mol. The Morgan fingerprint density at radius 1 is 0.800 bits per heavy atom. The van der Waals surface area contributed by atoms with E-state index in [4.69, 9.17) is 5.11 Å². The maximum Gasteiger partial charge on any atom is 0.112 e. The van der Waals surface area contributed by atoms with Crippen LogP contribution in [-0.2, 0) is 12.0 Å². The van der Waals surface area contributed by atoms with Gasteiger partial charge in [0.05, 0.1) is 0 Å². The number of hydrogen-bond acceptors (Lipinski definition) is 2. The van der Waals surface area contributed by atoms with Crippen molar-refractivity contribution in [2.75, 3.05) is 6.61 Å². The molecule has 2 rings (SSSR count). The Labute approximate surface area is 184 Å². The molecule has 0 fully saturated rings. The molecule has 2 N–H and O–H groups in total. The summed E-state index contributed by atoms with van der Waals surface area (Å²) in [6.07, 6.45) is 9.89. The van der Waals surface area contributed by atoms with E-state index < -0.39 is 5.60 Å². The Balaban J connectivity index is 1.91. The van der Waals surface area contributed by atoms with Crippen LogP contribution in [0.3, 0.4) is 0 Å². The molecule has 2 aromatic carbocycles. The van der Waals surface area contributed by atoms with Crippen molar-refractivity contribution in [3.8, 4) is 0 Å². The summed E-state index contributed by atoms with van der Waals surface area (Å²) in [7, 11) is 0. The fourth-order valence-electron chi connectivity index (χ4n) is 4.25. The fourth-order valence-corrected chi connectivity index (χ4v) is 4.25. The predicted molar refractivity (Wildman–Crippen MR) is 128 cm³/mol. The number of unbranched alkanes of at least 4 members (excludes halogenated alkanes) is 2. The summed E-state index contributed by atoms with van der Waals surface area (Å²) in [6, 6.07) is 16.4. The van der Waals surface area contributed by atoms with Crippen molar-refractivity contribution in [2.24, 2.45) is 5.92 Å². The predicted octanol–water partition coefficient (Wildman–Crippen LogP) is 6.97. The second-order valence-corrected chi connectivity index (χ2v) is 9.30. The standard InChI is InChI=1S/C28H42O2/c1-5-6-7-9-22(2)10-8-11-23(3)25-14-18-27(19-15-25)28(4,30)26-16-12-24(13-17-26)20-21-29/h12-19,22-23,29-30H,5-11,20-21H2,1-4H3. The van der Waals surface area contributed by atoms with Crippen molar-refractivity contribution in [1.29, 1.82) is 0 Å². The van der Waals surface area contributed by atoms with Gasteiger partial charge >= 0.3 is 0 Å². The van der Waals surface area contributed by atoms with Crippen LogP contribution >= 0.6 is 0 Å². The molecule has 0 aliphatic heterocycles. The summed E-state index contributed by atoms with van der Waals surface area (Å²) in [6.45, 7) is 8.98. The minimum atomic E-state index is -1.02. The average Bonchev–Trinajstić information content (AvgIpc) is 2.74. The Kier molecular flexibility index (Phi) is 10.1. The van der Waals surface area contributed by atoms with E-state index in [0.717, 1.165) is 22.6 Å². The highest BCUT2D eigenvalue weighted by Gasteiger charge is 2.25. The van der Waals surface area contributed by atoms with Gasteiger partial charge < -0.3 is 10.2 Å². The molecule has 0 spiro atoms. The summed E-state index contributed by atoms with van der Waals surface area (Å²) < 4.78 is 0. The topological polar surface area (TPSA) is 40.5 Å². The first-order valence-electron chi connectivity index (χ1n) is 11.9.